The number of hydrogen-bond donors (Lipinski definition) is 8. The number of carbonyl (C=O) groups excluding carboxylic acids is 2. The molecule has 420 valence electrons. The van der Waals surface area contributed by atoms with E-state index in [4.69, 9.17) is 16.2 Å². The number of aromatic nitrogens is 1. The number of phenolic OH excluding ortho intramolecular Hbond substituents is 2. The van der Waals surface area contributed by atoms with Gasteiger partial charge in [0.2, 0.25) is 0 Å². The minimum absolute atomic E-state index is 0.0163. The van der Waals surface area contributed by atoms with Crippen LogP contribution in [0.4, 0.5) is 0 Å². The zero-order valence-electron chi connectivity index (χ0n) is 45.9. The molecule has 1 fully saturated rings. The van der Waals surface area contributed by atoms with Crippen molar-refractivity contribution < 1.29 is 39.9 Å². The van der Waals surface area contributed by atoms with Crippen LogP contribution in [0.25, 0.3) is 0 Å². The van der Waals surface area contributed by atoms with Crippen LogP contribution in [-0.4, -0.2) is 73.3 Å². The molecule has 1 aliphatic heterocycles. The molecule has 13 heteroatoms. The number of fused-ring (bicyclic) bond motifs is 9. The Morgan fingerprint density at radius 2 is 1.61 bits per heavy atom. The second-order valence-corrected chi connectivity index (χ2v) is 25.0. The number of H-pyrrole nitrogens is 1. The molecule has 10 N–H and O–H groups in total. The van der Waals surface area contributed by atoms with E-state index in [0.29, 0.717) is 78.9 Å². The number of nitrogens with one attached hydrogen (secondary N) is 1. The first-order chi connectivity index (χ1) is 38.7. The Hall–Kier alpha value is -6.08. The van der Waals surface area contributed by atoms with Crippen molar-refractivity contribution in [3.8, 4) is 29.1 Å². The third-order valence-electron chi connectivity index (χ3n) is 16.6. The Morgan fingerprint density at radius 1 is 0.812 bits per heavy atom. The number of hydrogen-bond acceptors (Lipinski definition) is 12. The van der Waals surface area contributed by atoms with E-state index < -0.39 is 29.7 Å². The molecule has 6 atom stereocenters. The second-order valence-electron chi connectivity index (χ2n) is 22.5. The highest BCUT2D eigenvalue weighted by Crippen LogP contribution is 2.50. The molecule has 9 rings (SSSR count). The highest BCUT2D eigenvalue weighted by atomic mass is 33.1. The average Bonchev–Trinajstić information content (AvgIpc) is 4.13. The first-order valence-corrected chi connectivity index (χ1v) is 30.9. The summed E-state index contributed by atoms with van der Waals surface area (Å²) in [7, 11) is 3.34. The van der Waals surface area contributed by atoms with Gasteiger partial charge in [-0.15, -0.1) is 0 Å². The summed E-state index contributed by atoms with van der Waals surface area (Å²) in [5, 5.41) is 55.5. The van der Waals surface area contributed by atoms with Crippen LogP contribution in [0.15, 0.2) is 121 Å². The molecule has 0 amide bonds. The van der Waals surface area contributed by atoms with Crippen molar-refractivity contribution in [3.63, 3.8) is 0 Å². The van der Waals surface area contributed by atoms with Crippen molar-refractivity contribution in [2.45, 2.75) is 133 Å². The normalized spacial score (nSPS) is 20.6. The number of aromatic amines is 1. The lowest BCUT2D eigenvalue weighted by atomic mass is 9.76. The number of ketones is 2. The number of carbonyl (C=O) groups is 2. The fourth-order valence-electron chi connectivity index (χ4n) is 12.2. The number of allylic oxidation sites excluding steroid dienone is 2. The van der Waals surface area contributed by atoms with E-state index >= 15 is 0 Å². The Labute approximate surface area is 479 Å². The highest BCUT2D eigenvalue weighted by molar-refractivity contribution is 8.76. The van der Waals surface area contributed by atoms with Crippen LogP contribution in [-0.2, 0) is 55.5 Å². The molecule has 2 heterocycles. The summed E-state index contributed by atoms with van der Waals surface area (Å²) < 4.78 is 6.20. The number of aliphatic hydroxyl groups excluding tert-OH is 3. The molecule has 1 saturated carbocycles. The quantitative estimate of drug-likeness (QED) is 0.0291. The Kier molecular flexibility index (Phi) is 20.2. The van der Waals surface area contributed by atoms with E-state index in [0.717, 1.165) is 77.6 Å². The zero-order chi connectivity index (χ0) is 56.2. The van der Waals surface area contributed by atoms with Gasteiger partial charge in [0.15, 0.2) is 23.1 Å². The Balaban J connectivity index is 0.995. The fraction of sp³-hybridized carbons (Fsp3) is 0.403. The summed E-state index contributed by atoms with van der Waals surface area (Å²) in [6.45, 7) is 2.12. The van der Waals surface area contributed by atoms with Crippen LogP contribution < -0.4 is 16.2 Å². The van der Waals surface area contributed by atoms with E-state index in [2.05, 4.69) is 71.4 Å². The Bertz CT molecular complexity index is 3200. The van der Waals surface area contributed by atoms with Crippen molar-refractivity contribution in [2.75, 3.05) is 19.0 Å². The average molecular weight is 1120 g/mol. The molecular formula is C67H77N3O8S2. The van der Waals surface area contributed by atoms with Crippen molar-refractivity contribution in [1.82, 2.24) is 4.98 Å². The zero-order valence-corrected chi connectivity index (χ0v) is 47.5. The van der Waals surface area contributed by atoms with Crippen LogP contribution in [0.3, 0.4) is 0 Å². The highest BCUT2D eigenvalue weighted by Gasteiger charge is 2.43. The number of ether oxygens (including phenoxy) is 1. The Morgan fingerprint density at radius 3 is 2.41 bits per heavy atom. The van der Waals surface area contributed by atoms with Crippen LogP contribution >= 0.6 is 21.6 Å². The topological polar surface area (TPSA) is 212 Å². The lowest BCUT2D eigenvalue weighted by Gasteiger charge is -2.29. The number of aromatic hydroxyl groups is 2. The molecule has 0 spiro atoms. The maximum atomic E-state index is 14.3. The van der Waals surface area contributed by atoms with Gasteiger partial charge >= 0.3 is 0 Å². The van der Waals surface area contributed by atoms with E-state index in [1.807, 2.05) is 31.2 Å². The molecule has 6 unspecified atom stereocenters. The minimum Gasteiger partial charge on any atom is -0.508 e. The molecule has 0 radical (unpaired) electrons. The molecule has 2 aliphatic carbocycles. The largest absolute Gasteiger partial charge is 0.508 e. The maximum Gasteiger partial charge on any atom is 0.165 e. The van der Waals surface area contributed by atoms with Crippen LogP contribution in [0.1, 0.15) is 148 Å². The standard InChI is InChI=1S/C67H77N3O8S2/c1-43(72)32-47(13-18-50-33-45(12-17-49(50)25-30-71)11-10-44-6-3-2-4-7-44)22-27-67-28-23-54(73)19-14-46-16-21-62(75)65(35-46)78-31-26-48-15-20-61(74)59(34-48)58-38-63(76)55-24-29-70-60(55)9-5-8-51-36-57(66(68)69)52(37-56(51)58)41-79-80-42-53(39-67)64(77)40-67/h2-4,6-7,12,15-17,20-21,23-24,28-29,33-37,43,47,53,58,64,66,70-72,74-75,77H,9-11,13-14,18-19,22,25-27,30-32,38-42,68-69H2,1H3. The van der Waals surface area contributed by atoms with Gasteiger partial charge in [0.05, 0.1) is 31.4 Å². The third kappa shape index (κ3) is 15.3. The fourth-order valence-corrected chi connectivity index (χ4v) is 14.8. The van der Waals surface area contributed by atoms with Crippen molar-refractivity contribution in [1.29, 1.82) is 0 Å². The lowest BCUT2D eigenvalue weighted by Crippen LogP contribution is -2.22. The maximum absolute atomic E-state index is 14.3. The summed E-state index contributed by atoms with van der Waals surface area (Å²) in [5.41, 5.74) is 24.2. The van der Waals surface area contributed by atoms with Gasteiger partial charge in [-0.25, -0.2) is 0 Å². The summed E-state index contributed by atoms with van der Waals surface area (Å²) in [6, 6.07) is 33.5. The van der Waals surface area contributed by atoms with Crippen LogP contribution in [0.5, 0.6) is 17.2 Å². The molecular weight excluding hydrogens is 1040 g/mol. The first-order valence-electron chi connectivity index (χ1n) is 28.4. The summed E-state index contributed by atoms with van der Waals surface area (Å²) >= 11 is 0. The van der Waals surface area contributed by atoms with Gasteiger partial charge in [0, 0.05) is 71.9 Å². The van der Waals surface area contributed by atoms with Gasteiger partial charge in [-0.05, 0) is 181 Å². The molecule has 5 aromatic carbocycles. The van der Waals surface area contributed by atoms with Crippen molar-refractivity contribution in [2.24, 2.45) is 28.7 Å². The van der Waals surface area contributed by atoms with E-state index in [-0.39, 0.29) is 61.0 Å². The monoisotopic (exact) mass is 1120 g/mol. The summed E-state index contributed by atoms with van der Waals surface area (Å²) in [4.78, 5) is 31.4. The predicted molar refractivity (Wildman–Crippen MR) is 321 cm³/mol. The van der Waals surface area contributed by atoms with Crippen molar-refractivity contribution in [3.05, 3.63) is 194 Å². The van der Waals surface area contributed by atoms with E-state index in [9.17, 15) is 35.1 Å². The number of Topliss-reactive ketones (excluding diaryl/α,β-unsaturated/α-hetero) is 1. The lowest BCUT2D eigenvalue weighted by molar-refractivity contribution is -0.114. The van der Waals surface area contributed by atoms with Gasteiger partial charge in [-0.3, -0.25) is 9.59 Å². The molecule has 80 heavy (non-hydrogen) atoms. The van der Waals surface area contributed by atoms with Gasteiger partial charge < -0.3 is 46.7 Å². The number of nitrogens with two attached hydrogens (primary N) is 2. The van der Waals surface area contributed by atoms with Gasteiger partial charge in [0.1, 0.15) is 5.75 Å². The molecule has 1 aromatic heterocycles. The van der Waals surface area contributed by atoms with E-state index in [1.54, 1.807) is 64.2 Å². The number of benzene rings is 5. The number of rotatable bonds is 14. The molecule has 8 bridgehead atoms. The molecule has 0 saturated heterocycles. The summed E-state index contributed by atoms with van der Waals surface area (Å²) in [5.74, 6) is 7.59. The smallest absolute Gasteiger partial charge is 0.165 e. The predicted octanol–water partition coefficient (Wildman–Crippen LogP) is 11.1. The van der Waals surface area contributed by atoms with Gasteiger partial charge in [-0.1, -0.05) is 112 Å². The third-order valence-corrected chi connectivity index (χ3v) is 19.1. The van der Waals surface area contributed by atoms with Crippen LogP contribution in [0.2, 0.25) is 0 Å². The molecule has 6 aromatic rings. The number of phenols is 2. The first kappa shape index (κ1) is 58.6. The van der Waals surface area contributed by atoms with Crippen LogP contribution in [0, 0.1) is 29.1 Å². The van der Waals surface area contributed by atoms with Crippen molar-refractivity contribution >= 4 is 33.2 Å². The second kappa shape index (κ2) is 27.6. The minimum atomic E-state index is -0.816. The molecule has 3 aliphatic rings. The van der Waals surface area contributed by atoms with Gasteiger partial charge in [0.25, 0.3) is 0 Å². The summed E-state index contributed by atoms with van der Waals surface area (Å²) in [6.07, 6.45) is 12.6. The van der Waals surface area contributed by atoms with Gasteiger partial charge in [-0.2, -0.15) is 0 Å². The molecule has 11 nitrogen and oxygen atoms in total. The van der Waals surface area contributed by atoms with E-state index in [1.165, 1.54) is 16.7 Å². The SMILES string of the molecule is CC(O)CC(CCc1cc(CCc2ccccc2)ccc1CCO)CCC12C=CC(=O)CCc3ccc(O)c(c3)OCCc3ccc(O)c(c3)C3CC(=O)c4cc[nH]c4CC#Cc4cc(C(N)N)c(cc43)CSSCC(C1)C(O)C2. The number of aliphatic hydroxyl groups is 3. The number of aryl methyl sites for hydroxylation is 4.